The van der Waals surface area contributed by atoms with Gasteiger partial charge < -0.3 is 89.0 Å². The number of imidazole rings is 1. The van der Waals surface area contributed by atoms with Crippen LogP contribution in [0, 0.1) is 68.0 Å². The summed E-state index contributed by atoms with van der Waals surface area (Å²) in [6.07, 6.45) is 14.6. The van der Waals surface area contributed by atoms with Crippen molar-refractivity contribution in [1.82, 2.24) is 9.55 Å². The van der Waals surface area contributed by atoms with Gasteiger partial charge in [0.15, 0.2) is 29.6 Å². The molecule has 0 amide bonds. The van der Waals surface area contributed by atoms with E-state index in [4.69, 9.17) is 37.9 Å². The number of aliphatic hydroxyl groups is 10. The lowest BCUT2D eigenvalue weighted by Crippen LogP contribution is -2.73. The topological polar surface area (TPSA) is 389 Å². The summed E-state index contributed by atoms with van der Waals surface area (Å²) in [6, 6.07) is 0. The van der Waals surface area contributed by atoms with E-state index in [-0.39, 0.29) is 105 Å². The van der Waals surface area contributed by atoms with Crippen LogP contribution >= 0.6 is 0 Å². The molecule has 1 aromatic rings. The smallest absolute Gasteiger partial charge is 0.419 e. The first-order valence-electron chi connectivity index (χ1n) is 43.0. The first kappa shape index (κ1) is 86.2. The molecule has 0 radical (unpaired) electrons. The van der Waals surface area contributed by atoms with E-state index in [1.165, 1.54) is 54.5 Å². The molecule has 25 nitrogen and oxygen atoms in total. The second kappa shape index (κ2) is 26.4. The van der Waals surface area contributed by atoms with Crippen molar-refractivity contribution >= 4 is 29.4 Å². The number of nitrogens with zero attached hydrogens (tertiary/aromatic N) is 2. The summed E-state index contributed by atoms with van der Waals surface area (Å²) < 4.78 is 49.9. The number of hydrogen-bond donors (Lipinski definition) is 10. The summed E-state index contributed by atoms with van der Waals surface area (Å²) in [4.78, 5) is 69.5. The number of allylic oxidation sites excluding steroid dienone is 6. The molecule has 652 valence electrons. The molecule has 3 spiro atoms. The van der Waals surface area contributed by atoms with Crippen LogP contribution in [0.5, 0.6) is 0 Å². The number of aliphatic hydroxyl groups excluding tert-OH is 1. The minimum Gasteiger partial charge on any atom is -0.487 e. The Labute approximate surface area is 698 Å². The number of epoxide rings is 3. The zero-order valence-corrected chi connectivity index (χ0v) is 71.4. The molecule has 0 bridgehead atoms. The van der Waals surface area contributed by atoms with Gasteiger partial charge in [0.25, 0.3) is 0 Å². The van der Waals surface area contributed by atoms with Gasteiger partial charge in [-0.25, -0.2) is 14.3 Å². The maximum atomic E-state index is 13.8. The van der Waals surface area contributed by atoms with Gasteiger partial charge in [0.2, 0.25) is 0 Å². The van der Waals surface area contributed by atoms with Gasteiger partial charge in [0.05, 0.1) is 51.4 Å². The summed E-state index contributed by atoms with van der Waals surface area (Å²) in [6.45, 7) is 41.4. The van der Waals surface area contributed by atoms with Crippen molar-refractivity contribution in [3.8, 4) is 0 Å². The van der Waals surface area contributed by atoms with Crippen molar-refractivity contribution in [2.45, 2.75) is 356 Å². The van der Waals surface area contributed by atoms with E-state index >= 15 is 0 Å². The highest BCUT2D eigenvalue weighted by molar-refractivity contribution is 6.00. The third-order valence-corrected chi connectivity index (χ3v) is 37.9. The SMILES string of the molecule is C.C=C1OC([C@](C)(O)[C@]2(O)CC[C@@]3(O)C4C[C@H]5O[C@]56[C@@H](OC(=O)n5ccnc5)C=CC(=O)[C@]6(C)C4CC[C@]23C)CC(C)=C1C.C=C1OC([C@](C)(O)[C@]2(O)CC[C@@]3(O)C4C[C@H]5O[C@]56[C@H](O)C=CC(=O)[C@]6(C)C4CC[C@]23C)CC(C)=C1C.C=C1OC([C@](C)(O)[C@]2(O)CC[C@@]3(O)C4C[C@H]5O[C@]56[C@H](OC(C)=O)C=CC(=O)[C@]6(C)C4CC[C@]23C)CC(C)=C1C. The van der Waals surface area contributed by atoms with Gasteiger partial charge in [-0.15, -0.1) is 0 Å². The maximum absolute atomic E-state index is 13.8. The van der Waals surface area contributed by atoms with Crippen LogP contribution in [-0.4, -0.2) is 212 Å². The molecule has 9 saturated carbocycles. The normalized spacial score (nSPS) is 51.0. The monoisotopic (exact) mass is 1650 g/mol. The zero-order chi connectivity index (χ0) is 85.8. The number of esters is 1. The fourth-order valence-electron chi connectivity index (χ4n) is 29.5. The zero-order valence-electron chi connectivity index (χ0n) is 71.4. The molecule has 9 unspecified atom stereocenters. The Balaban J connectivity index is 0.000000133. The van der Waals surface area contributed by atoms with Gasteiger partial charge in [-0.3, -0.25) is 19.2 Å². The van der Waals surface area contributed by atoms with Crippen LogP contribution in [0.15, 0.2) is 126 Å². The Morgan fingerprint density at radius 3 is 1.11 bits per heavy atom. The van der Waals surface area contributed by atoms with Gasteiger partial charge in [0, 0.05) is 54.8 Å². The number of carbonyl (C=O) groups excluding carboxylic acids is 5. The van der Waals surface area contributed by atoms with Gasteiger partial charge in [-0.05, 0) is 268 Å². The maximum Gasteiger partial charge on any atom is 0.419 e. The van der Waals surface area contributed by atoms with Crippen LogP contribution < -0.4 is 0 Å². The molecule has 12 fully saturated rings. The molecule has 18 aliphatic rings. The summed E-state index contributed by atoms with van der Waals surface area (Å²) in [5.41, 5.74) is -17.1. The van der Waals surface area contributed by atoms with Crippen molar-refractivity contribution in [3.05, 3.63) is 126 Å². The van der Waals surface area contributed by atoms with Crippen LogP contribution in [0.1, 0.15) is 234 Å². The quantitative estimate of drug-likeness (QED) is 0.0854. The van der Waals surface area contributed by atoms with Gasteiger partial charge in [0.1, 0.15) is 98.4 Å². The number of ether oxygens (including phenoxy) is 8. The van der Waals surface area contributed by atoms with Crippen molar-refractivity contribution in [2.75, 3.05) is 0 Å². The van der Waals surface area contributed by atoms with Crippen LogP contribution in [0.4, 0.5) is 4.79 Å². The molecule has 19 rings (SSSR count). The number of ketones is 3. The Morgan fingerprint density at radius 2 is 0.790 bits per heavy atom. The van der Waals surface area contributed by atoms with E-state index in [0.717, 1.165) is 33.4 Å². The van der Waals surface area contributed by atoms with E-state index in [1.807, 2.05) is 83.1 Å². The Morgan fingerprint density at radius 1 is 0.479 bits per heavy atom. The minimum absolute atomic E-state index is 0. The molecule has 3 saturated heterocycles. The number of fused-ring (bicyclic) bond motifs is 12. The van der Waals surface area contributed by atoms with Gasteiger partial charge in [-0.1, -0.05) is 64.7 Å². The van der Waals surface area contributed by atoms with Gasteiger partial charge >= 0.3 is 12.1 Å². The Kier molecular flexibility index (Phi) is 19.1. The lowest BCUT2D eigenvalue weighted by molar-refractivity contribution is -0.282. The molecule has 6 aliphatic heterocycles. The second-order valence-corrected chi connectivity index (χ2v) is 41.4. The van der Waals surface area contributed by atoms with E-state index in [1.54, 1.807) is 32.9 Å². The standard InChI is InChI=1S/C33H42N2O8.C31H42O8.C29H40O7.CH4/c1-18-15-25(41-20(3)19(18)2)30(6,38)32(40)12-11-31(39)22-16-26-33(43-26)24(42-27(37)35-14-13-34-17-35)8-7-23(36)29(33,5)21(22)9-10-28(31,32)4;1-16-14-24(37-18(3)17(16)2)28(7,34)30(36)13-12-29(35)21-15-25-31(39-25)23(38-19(4)32)9-8-22(33)27(31,6)20(21)10-11-26(29,30)5;1-15-13-22(35-17(3)16(15)2)26(6,32)28(34)12-11-27(33)19-14-23-29(36-23)21(31)8-7-20(30)25(29,5)18(19)9-10-24(27,28)4;/h7-8,13-14,17,21-22,24-26,38-40H,3,9-12,15-16H2,1-2,4-6H3;8-9,20-21,23-25,34-36H,3,10-15H2,1-2,4-7H3;7-8,18-19,21-23,31-34H,3,9-14H2,1-2,4-6H3;1H4/t21?,22?,24-,25?,26+,28-,29-,30-,31+,32-,33+;20?,21?,23-,24?,25-,26+,27+,28+,29-,30+,31-;18?,19?,21-,22?,23-,24+,25+,26+,27-,28+,29-;/m011./s1. The van der Waals surface area contributed by atoms with E-state index in [9.17, 15) is 75.0 Å². The molecule has 33 atom stereocenters. The molecule has 12 aliphatic carbocycles. The predicted molar refractivity (Wildman–Crippen MR) is 433 cm³/mol. The second-order valence-electron chi connectivity index (χ2n) is 41.4. The fourth-order valence-corrected chi connectivity index (χ4v) is 29.5. The number of aromatic nitrogens is 2. The molecule has 119 heavy (non-hydrogen) atoms. The van der Waals surface area contributed by atoms with Crippen molar-refractivity contribution in [1.29, 1.82) is 0 Å². The number of hydrogen-bond acceptors (Lipinski definition) is 24. The van der Waals surface area contributed by atoms with Crippen molar-refractivity contribution < 1.29 is 113 Å². The number of rotatable bonds is 8. The number of carbonyl (C=O) groups is 5. The molecular weight excluding hydrogens is 1530 g/mol. The minimum atomic E-state index is -1.70. The van der Waals surface area contributed by atoms with Crippen LogP contribution in [-0.2, 0) is 57.1 Å². The Hall–Kier alpha value is -6.30. The van der Waals surface area contributed by atoms with Crippen LogP contribution in [0.3, 0.4) is 0 Å². The van der Waals surface area contributed by atoms with Crippen molar-refractivity contribution in [2.24, 2.45) is 68.0 Å². The third kappa shape index (κ3) is 10.2. The largest absolute Gasteiger partial charge is 0.487 e. The summed E-state index contributed by atoms with van der Waals surface area (Å²) in [5.74, 6) is -0.981. The molecule has 25 heteroatoms. The molecule has 0 aromatic carbocycles. The highest BCUT2D eigenvalue weighted by Crippen LogP contribution is 2.80. The molecular formula is C94H128N2O23. The Bertz CT molecular complexity index is 4760. The average Bonchev–Trinajstić information content (AvgIpc) is 1.48. The first-order valence-corrected chi connectivity index (χ1v) is 43.0. The lowest BCUT2D eigenvalue weighted by atomic mass is 9.42. The third-order valence-electron chi connectivity index (χ3n) is 37.9. The highest BCUT2D eigenvalue weighted by atomic mass is 16.7. The fraction of sp³-hybridized carbons (Fsp3) is 0.723. The summed E-state index contributed by atoms with van der Waals surface area (Å²) in [7, 11) is 0. The molecule has 1 aromatic heterocycles. The predicted octanol–water partition coefficient (Wildman–Crippen LogP) is 10.2. The van der Waals surface area contributed by atoms with E-state index in [0.29, 0.717) is 101 Å². The first-order chi connectivity index (χ1) is 54.7. The molecule has 7 heterocycles. The summed E-state index contributed by atoms with van der Waals surface area (Å²) in [5, 5.41) is 123. The van der Waals surface area contributed by atoms with Gasteiger partial charge in [-0.2, -0.15) is 0 Å². The lowest BCUT2D eigenvalue weighted by Gasteiger charge is -2.63. The van der Waals surface area contributed by atoms with Crippen LogP contribution in [0.25, 0.3) is 0 Å². The van der Waals surface area contributed by atoms with Crippen LogP contribution in [0.2, 0.25) is 0 Å². The highest BCUT2D eigenvalue weighted by Gasteiger charge is 2.89. The summed E-state index contributed by atoms with van der Waals surface area (Å²) >= 11 is 0. The van der Waals surface area contributed by atoms with E-state index < -0.39 is 154 Å². The molecule has 10 N–H and O–H groups in total. The average molecular weight is 1650 g/mol. The van der Waals surface area contributed by atoms with E-state index in [2.05, 4.69) is 24.7 Å². The van der Waals surface area contributed by atoms with Crippen molar-refractivity contribution in [3.63, 3.8) is 0 Å².